The maximum Gasteiger partial charge on any atom is 0.242 e. The Bertz CT molecular complexity index is 913. The van der Waals surface area contributed by atoms with Gasteiger partial charge in [0.05, 0.1) is 4.90 Å². The van der Waals surface area contributed by atoms with Gasteiger partial charge in [-0.15, -0.1) is 0 Å². The zero-order valence-corrected chi connectivity index (χ0v) is 16.4. The zero-order valence-electron chi connectivity index (χ0n) is 14.0. The summed E-state index contributed by atoms with van der Waals surface area (Å²) in [5.74, 6) is -0.0879. The maximum absolute atomic E-state index is 12.9. The minimum atomic E-state index is -3.74. The Morgan fingerprint density at radius 1 is 1.24 bits per heavy atom. The molecule has 2 aromatic rings. The highest BCUT2D eigenvalue weighted by Gasteiger charge is 2.28. The Morgan fingerprint density at radius 2 is 1.92 bits per heavy atom. The van der Waals surface area contributed by atoms with Crippen LogP contribution in [0.1, 0.15) is 31.0 Å². The SMILES string of the molecule is CC(=O)N1CCc2cc(Br)c(S(=O)(=O)N[C@@H](C)c3ccccc3)cc21. The van der Waals surface area contributed by atoms with Crippen LogP contribution >= 0.6 is 15.9 Å². The minimum absolute atomic E-state index is 0.0879. The van der Waals surface area contributed by atoms with Gasteiger partial charge in [-0.1, -0.05) is 30.3 Å². The molecule has 0 saturated heterocycles. The van der Waals surface area contributed by atoms with E-state index in [1.807, 2.05) is 30.3 Å². The maximum atomic E-state index is 12.9. The second kappa shape index (κ2) is 6.90. The van der Waals surface area contributed by atoms with Crippen molar-refractivity contribution >= 4 is 37.5 Å². The molecule has 1 aliphatic rings. The summed E-state index contributed by atoms with van der Waals surface area (Å²) in [6.45, 7) is 3.87. The average Bonchev–Trinajstić information content (AvgIpc) is 2.97. The second-order valence-electron chi connectivity index (χ2n) is 6.09. The number of hydrogen-bond donors (Lipinski definition) is 1. The van der Waals surface area contributed by atoms with Gasteiger partial charge in [0.1, 0.15) is 0 Å². The lowest BCUT2D eigenvalue weighted by Crippen LogP contribution is -2.28. The Morgan fingerprint density at radius 3 is 2.56 bits per heavy atom. The quantitative estimate of drug-likeness (QED) is 0.820. The number of carbonyl (C=O) groups excluding carboxylic acids is 1. The Hall–Kier alpha value is -1.70. The second-order valence-corrected chi connectivity index (χ2v) is 8.62. The van der Waals surface area contributed by atoms with E-state index in [1.54, 1.807) is 24.0 Å². The molecule has 7 heteroatoms. The molecular formula is C18H19BrN2O3S. The minimum Gasteiger partial charge on any atom is -0.312 e. The van der Waals surface area contributed by atoms with Crippen molar-refractivity contribution in [3.8, 4) is 0 Å². The molecule has 132 valence electrons. The topological polar surface area (TPSA) is 66.5 Å². The van der Waals surface area contributed by atoms with Crippen LogP contribution in [-0.4, -0.2) is 20.9 Å². The molecule has 5 nitrogen and oxygen atoms in total. The van der Waals surface area contributed by atoms with E-state index in [2.05, 4.69) is 20.7 Å². The van der Waals surface area contributed by atoms with Crippen LogP contribution in [-0.2, 0) is 21.2 Å². The third-order valence-electron chi connectivity index (χ3n) is 4.33. The summed E-state index contributed by atoms with van der Waals surface area (Å²) in [4.78, 5) is 13.5. The summed E-state index contributed by atoms with van der Waals surface area (Å²) in [6.07, 6.45) is 0.724. The van der Waals surface area contributed by atoms with E-state index >= 15 is 0 Å². The molecule has 0 fully saturated rings. The van der Waals surface area contributed by atoms with E-state index < -0.39 is 10.0 Å². The number of nitrogens with one attached hydrogen (secondary N) is 1. The van der Waals surface area contributed by atoms with Crippen LogP contribution in [0.3, 0.4) is 0 Å². The van der Waals surface area contributed by atoms with Crippen molar-refractivity contribution in [1.82, 2.24) is 4.72 Å². The Kier molecular flexibility index (Phi) is 4.99. The summed E-state index contributed by atoms with van der Waals surface area (Å²) in [5.41, 5.74) is 2.52. The van der Waals surface area contributed by atoms with Gasteiger partial charge in [0, 0.05) is 29.7 Å². The predicted molar refractivity (Wildman–Crippen MR) is 101 cm³/mol. The third-order valence-corrected chi connectivity index (χ3v) is 6.83. The van der Waals surface area contributed by atoms with Crippen LogP contribution < -0.4 is 9.62 Å². The van der Waals surface area contributed by atoms with E-state index in [0.717, 1.165) is 17.5 Å². The molecule has 0 saturated carbocycles. The summed E-state index contributed by atoms with van der Waals surface area (Å²) in [6, 6.07) is 12.4. The molecular weight excluding hydrogens is 404 g/mol. The van der Waals surface area contributed by atoms with E-state index in [4.69, 9.17) is 0 Å². The van der Waals surface area contributed by atoms with E-state index in [0.29, 0.717) is 16.7 Å². The molecule has 0 aliphatic carbocycles. The number of rotatable bonds is 4. The molecule has 0 radical (unpaired) electrons. The van der Waals surface area contributed by atoms with Crippen LogP contribution in [0.25, 0.3) is 0 Å². The molecule has 2 aromatic carbocycles. The molecule has 1 N–H and O–H groups in total. The van der Waals surface area contributed by atoms with Crippen LogP contribution in [0.15, 0.2) is 51.8 Å². The molecule has 0 aromatic heterocycles. The highest BCUT2D eigenvalue weighted by Crippen LogP contribution is 2.35. The fourth-order valence-corrected chi connectivity index (χ4v) is 5.37. The van der Waals surface area contributed by atoms with Gasteiger partial charge in [-0.25, -0.2) is 13.1 Å². The molecule has 1 heterocycles. The largest absolute Gasteiger partial charge is 0.312 e. The van der Waals surface area contributed by atoms with Crippen molar-refractivity contribution in [1.29, 1.82) is 0 Å². The lowest BCUT2D eigenvalue weighted by Gasteiger charge is -2.18. The van der Waals surface area contributed by atoms with Crippen LogP contribution in [0.4, 0.5) is 5.69 Å². The third kappa shape index (κ3) is 3.63. The number of sulfonamides is 1. The molecule has 1 amide bonds. The number of nitrogens with zero attached hydrogens (tertiary/aromatic N) is 1. The highest BCUT2D eigenvalue weighted by molar-refractivity contribution is 9.10. The smallest absolute Gasteiger partial charge is 0.242 e. The highest BCUT2D eigenvalue weighted by atomic mass is 79.9. The average molecular weight is 423 g/mol. The van der Waals surface area contributed by atoms with Gasteiger partial charge in [-0.3, -0.25) is 4.79 Å². The summed E-state index contributed by atoms with van der Waals surface area (Å²) in [5, 5.41) is 0. The van der Waals surface area contributed by atoms with Gasteiger partial charge >= 0.3 is 0 Å². The predicted octanol–water partition coefficient (Wildman–Crippen LogP) is 3.40. The zero-order chi connectivity index (χ0) is 18.2. The fourth-order valence-electron chi connectivity index (χ4n) is 3.03. The van der Waals surface area contributed by atoms with Gasteiger partial charge in [-0.2, -0.15) is 0 Å². The Labute approximate surface area is 156 Å². The van der Waals surface area contributed by atoms with E-state index in [-0.39, 0.29) is 16.8 Å². The van der Waals surface area contributed by atoms with E-state index in [9.17, 15) is 13.2 Å². The monoisotopic (exact) mass is 422 g/mol. The van der Waals surface area contributed by atoms with Gasteiger partial charge in [0.2, 0.25) is 15.9 Å². The summed E-state index contributed by atoms with van der Waals surface area (Å²) in [7, 11) is -3.74. The first-order valence-corrected chi connectivity index (χ1v) is 10.2. The van der Waals surface area contributed by atoms with Crippen molar-refractivity contribution in [3.05, 3.63) is 58.1 Å². The number of carbonyl (C=O) groups is 1. The van der Waals surface area contributed by atoms with Gasteiger partial charge in [0.25, 0.3) is 0 Å². The van der Waals surface area contributed by atoms with Crippen molar-refractivity contribution in [3.63, 3.8) is 0 Å². The summed E-state index contributed by atoms with van der Waals surface area (Å²) < 4.78 is 28.9. The molecule has 1 aliphatic heterocycles. The molecule has 25 heavy (non-hydrogen) atoms. The Balaban J connectivity index is 1.95. The summed E-state index contributed by atoms with van der Waals surface area (Å²) >= 11 is 3.37. The number of hydrogen-bond acceptors (Lipinski definition) is 3. The molecule has 1 atom stereocenters. The normalized spacial score (nSPS) is 15.1. The van der Waals surface area contributed by atoms with Crippen LogP contribution in [0, 0.1) is 0 Å². The van der Waals surface area contributed by atoms with Gasteiger partial charge in [0.15, 0.2) is 0 Å². The van der Waals surface area contributed by atoms with Crippen molar-refractivity contribution in [2.75, 3.05) is 11.4 Å². The van der Waals surface area contributed by atoms with Crippen LogP contribution in [0.2, 0.25) is 0 Å². The van der Waals surface area contributed by atoms with Crippen molar-refractivity contribution < 1.29 is 13.2 Å². The molecule has 0 bridgehead atoms. The first-order chi connectivity index (χ1) is 11.8. The lowest BCUT2D eigenvalue weighted by atomic mass is 10.1. The van der Waals surface area contributed by atoms with Gasteiger partial charge < -0.3 is 4.90 Å². The number of anilines is 1. The first kappa shape index (κ1) is 18.1. The van der Waals surface area contributed by atoms with Crippen molar-refractivity contribution in [2.45, 2.75) is 31.2 Å². The van der Waals surface area contributed by atoms with Crippen molar-refractivity contribution in [2.24, 2.45) is 0 Å². The lowest BCUT2D eigenvalue weighted by molar-refractivity contribution is -0.116. The number of fused-ring (bicyclic) bond motifs is 1. The number of halogens is 1. The fraction of sp³-hybridized carbons (Fsp3) is 0.278. The van der Waals surface area contributed by atoms with Crippen LogP contribution in [0.5, 0.6) is 0 Å². The number of benzene rings is 2. The van der Waals surface area contributed by atoms with E-state index in [1.165, 1.54) is 6.92 Å². The first-order valence-electron chi connectivity index (χ1n) is 7.97. The number of amides is 1. The molecule has 0 spiro atoms. The standard InChI is InChI=1S/C18H19BrN2O3S/c1-12(14-6-4-3-5-7-14)20-25(23,24)18-11-17-15(10-16(18)19)8-9-21(17)13(2)22/h3-7,10-12,20H,8-9H2,1-2H3/t12-/m0/s1. The molecule has 0 unspecified atom stereocenters. The van der Waals surface area contributed by atoms with Gasteiger partial charge in [-0.05, 0) is 52.5 Å². The molecule has 3 rings (SSSR count).